The third kappa shape index (κ3) is 5.66. The first-order valence-electron chi connectivity index (χ1n) is 13.5. The highest BCUT2D eigenvalue weighted by Crippen LogP contribution is 2.42. The minimum Gasteiger partial charge on any atom is -0.301 e. The van der Waals surface area contributed by atoms with Gasteiger partial charge in [0.05, 0.1) is 5.71 Å². The van der Waals surface area contributed by atoms with E-state index in [9.17, 15) is 4.79 Å². The molecule has 0 aromatic heterocycles. The Bertz CT molecular complexity index is 1360. The van der Waals surface area contributed by atoms with Gasteiger partial charge in [-0.15, -0.1) is 5.73 Å². The second-order valence-electron chi connectivity index (χ2n) is 10.6. The fourth-order valence-corrected chi connectivity index (χ4v) is 5.87. The molecule has 2 heteroatoms. The van der Waals surface area contributed by atoms with Gasteiger partial charge < -0.3 is 5.41 Å². The van der Waals surface area contributed by atoms with Crippen LogP contribution in [0.3, 0.4) is 0 Å². The van der Waals surface area contributed by atoms with Crippen LogP contribution in [0.2, 0.25) is 0 Å². The zero-order valence-corrected chi connectivity index (χ0v) is 21.7. The van der Waals surface area contributed by atoms with Crippen LogP contribution in [-0.2, 0) is 11.2 Å². The number of allylic oxidation sites excluding steroid dienone is 7. The Labute approximate surface area is 221 Å². The highest BCUT2D eigenvalue weighted by Gasteiger charge is 2.31. The molecule has 0 spiro atoms. The molecule has 0 radical (unpaired) electrons. The molecule has 1 N–H and O–H groups in total. The Morgan fingerprint density at radius 1 is 1.03 bits per heavy atom. The Kier molecular flexibility index (Phi) is 7.49. The molecule has 2 aromatic carbocycles. The van der Waals surface area contributed by atoms with E-state index in [0.29, 0.717) is 12.3 Å². The highest BCUT2D eigenvalue weighted by molar-refractivity contribution is 6.39. The largest absolute Gasteiger partial charge is 0.301 e. The van der Waals surface area contributed by atoms with Crippen LogP contribution < -0.4 is 0 Å². The van der Waals surface area contributed by atoms with E-state index in [1.165, 1.54) is 33.4 Å². The fraction of sp³-hybridized carbons (Fsp3) is 0.286. The molecule has 2 nitrogen and oxygen atoms in total. The van der Waals surface area contributed by atoms with Crippen molar-refractivity contribution in [2.75, 3.05) is 0 Å². The molecular formula is C35H35NO. The summed E-state index contributed by atoms with van der Waals surface area (Å²) in [5, 5.41) is 8.45. The van der Waals surface area contributed by atoms with Gasteiger partial charge in [0.2, 0.25) is 0 Å². The van der Waals surface area contributed by atoms with Crippen LogP contribution in [0.1, 0.15) is 60.8 Å². The molecule has 3 aliphatic carbocycles. The van der Waals surface area contributed by atoms with Crippen molar-refractivity contribution in [1.82, 2.24) is 0 Å². The number of hydrogen-bond acceptors (Lipinski definition) is 2. The molecule has 0 amide bonds. The lowest BCUT2D eigenvalue weighted by Crippen LogP contribution is -2.29. The summed E-state index contributed by atoms with van der Waals surface area (Å²) >= 11 is 0. The maximum absolute atomic E-state index is 13.1. The first kappa shape index (κ1) is 24.9. The number of nitrogens with one attached hydrogen (secondary N) is 1. The van der Waals surface area contributed by atoms with E-state index in [2.05, 4.69) is 67.8 Å². The number of rotatable bonds is 7. The van der Waals surface area contributed by atoms with E-state index in [1.54, 1.807) is 0 Å². The van der Waals surface area contributed by atoms with Crippen LogP contribution in [0.25, 0.3) is 11.6 Å². The second kappa shape index (κ2) is 11.1. The molecular weight excluding hydrogens is 450 g/mol. The number of ketones is 1. The van der Waals surface area contributed by atoms with Gasteiger partial charge in [0, 0.05) is 12.3 Å². The van der Waals surface area contributed by atoms with Crippen molar-refractivity contribution >= 4 is 23.1 Å². The minimum absolute atomic E-state index is 0.0245. The van der Waals surface area contributed by atoms with Crippen molar-refractivity contribution in [2.45, 2.75) is 51.9 Å². The summed E-state index contributed by atoms with van der Waals surface area (Å²) in [7, 11) is 0. The van der Waals surface area contributed by atoms with Crippen molar-refractivity contribution in [3.63, 3.8) is 0 Å². The molecule has 1 fully saturated rings. The number of benzene rings is 2. The molecule has 186 valence electrons. The standard InChI is InChI=1S/C35H35NO/c1-3-25-12-14-27(15-13-25)31-21-18-28-6-4-5-7-32(33(28)23-31)29-16-19-30(20-17-29)35(37)34(36)22-26-10-8-24(2)9-11-26/h3,5-15,23,29-30,36H,1,16-22H2,2H3. The van der Waals surface area contributed by atoms with Crippen LogP contribution >= 0.6 is 0 Å². The lowest BCUT2D eigenvalue weighted by Gasteiger charge is -2.31. The summed E-state index contributed by atoms with van der Waals surface area (Å²) in [6.45, 7) is 5.92. The van der Waals surface area contributed by atoms with Gasteiger partial charge >= 0.3 is 0 Å². The van der Waals surface area contributed by atoms with Gasteiger partial charge in [0.1, 0.15) is 0 Å². The molecule has 5 rings (SSSR count). The number of carbonyl (C=O) groups is 1. The molecule has 0 aliphatic heterocycles. The third-order valence-electron chi connectivity index (χ3n) is 8.11. The molecule has 3 aliphatic rings. The van der Waals surface area contributed by atoms with E-state index in [1.807, 2.05) is 30.3 Å². The van der Waals surface area contributed by atoms with E-state index in [4.69, 9.17) is 5.41 Å². The third-order valence-corrected chi connectivity index (χ3v) is 8.11. The summed E-state index contributed by atoms with van der Waals surface area (Å²) in [5.41, 5.74) is 13.7. The van der Waals surface area contributed by atoms with Crippen LogP contribution in [0.4, 0.5) is 0 Å². The normalized spacial score (nSPS) is 21.0. The fourth-order valence-electron chi connectivity index (χ4n) is 5.87. The lowest BCUT2D eigenvalue weighted by atomic mass is 9.72. The predicted molar refractivity (Wildman–Crippen MR) is 155 cm³/mol. The molecule has 0 atom stereocenters. The smallest absolute Gasteiger partial charge is 0.179 e. The Balaban J connectivity index is 1.27. The topological polar surface area (TPSA) is 40.9 Å². The van der Waals surface area contributed by atoms with Crippen LogP contribution in [0, 0.1) is 24.2 Å². The van der Waals surface area contributed by atoms with Gasteiger partial charge in [-0.1, -0.05) is 78.9 Å². The number of hydrogen-bond donors (Lipinski definition) is 1. The van der Waals surface area contributed by atoms with Crippen molar-refractivity contribution < 1.29 is 4.79 Å². The van der Waals surface area contributed by atoms with Crippen LogP contribution in [0.5, 0.6) is 0 Å². The van der Waals surface area contributed by atoms with Gasteiger partial charge in [0.15, 0.2) is 5.78 Å². The monoisotopic (exact) mass is 485 g/mol. The summed E-state index contributed by atoms with van der Waals surface area (Å²) in [5.74, 6) is 0.449. The summed E-state index contributed by atoms with van der Waals surface area (Å²) in [4.78, 5) is 13.1. The van der Waals surface area contributed by atoms with E-state index < -0.39 is 0 Å². The van der Waals surface area contributed by atoms with Gasteiger partial charge in [-0.05, 0) is 103 Å². The Hall–Kier alpha value is -3.74. The van der Waals surface area contributed by atoms with Crippen molar-refractivity contribution in [3.05, 3.63) is 124 Å². The van der Waals surface area contributed by atoms with E-state index in [-0.39, 0.29) is 17.4 Å². The number of carbonyl (C=O) groups excluding carboxylic acids is 1. The summed E-state index contributed by atoms with van der Waals surface area (Å²) < 4.78 is 0. The molecule has 0 unspecified atom stereocenters. The predicted octanol–water partition coefficient (Wildman–Crippen LogP) is 8.40. The van der Waals surface area contributed by atoms with Crippen LogP contribution in [0.15, 0.2) is 102 Å². The van der Waals surface area contributed by atoms with Crippen molar-refractivity contribution in [2.24, 2.45) is 11.8 Å². The van der Waals surface area contributed by atoms with Gasteiger partial charge in [-0.3, -0.25) is 4.79 Å². The Morgan fingerprint density at radius 2 is 1.76 bits per heavy atom. The SMILES string of the molecule is C=Cc1ccc(C2=CC3=C(C=C=CC=C3C3CCC(C(=O)C(=N)Cc4ccc(C)cc4)CC3)CC2)cc1. The molecule has 0 saturated heterocycles. The van der Waals surface area contributed by atoms with Gasteiger partial charge in [0.25, 0.3) is 0 Å². The molecule has 0 heterocycles. The summed E-state index contributed by atoms with van der Waals surface area (Å²) in [6.07, 6.45) is 16.9. The van der Waals surface area contributed by atoms with Gasteiger partial charge in [-0.2, -0.15) is 0 Å². The van der Waals surface area contributed by atoms with E-state index >= 15 is 0 Å². The average molecular weight is 486 g/mol. The minimum atomic E-state index is -0.0245. The van der Waals surface area contributed by atoms with Crippen molar-refractivity contribution in [3.8, 4) is 0 Å². The number of aryl methyl sites for hydroxylation is 1. The first-order valence-corrected chi connectivity index (χ1v) is 13.5. The molecule has 0 bridgehead atoms. The second-order valence-corrected chi connectivity index (χ2v) is 10.6. The molecule has 37 heavy (non-hydrogen) atoms. The lowest BCUT2D eigenvalue weighted by molar-refractivity contribution is -0.117. The van der Waals surface area contributed by atoms with Crippen LogP contribution in [-0.4, -0.2) is 11.5 Å². The highest BCUT2D eigenvalue weighted by atomic mass is 16.1. The summed E-state index contributed by atoms with van der Waals surface area (Å²) in [6, 6.07) is 16.8. The Morgan fingerprint density at radius 3 is 2.46 bits per heavy atom. The molecule has 2 aromatic rings. The number of Topliss-reactive ketones (excluding diaryl/α,β-unsaturated/α-hetero) is 1. The first-order chi connectivity index (χ1) is 18.0. The average Bonchev–Trinajstić information content (AvgIpc) is 3.16. The quantitative estimate of drug-likeness (QED) is 0.310. The zero-order chi connectivity index (χ0) is 25.8. The zero-order valence-electron chi connectivity index (χ0n) is 21.7. The van der Waals surface area contributed by atoms with Crippen molar-refractivity contribution in [1.29, 1.82) is 5.41 Å². The molecule has 1 saturated carbocycles. The maximum atomic E-state index is 13.1. The van der Waals surface area contributed by atoms with E-state index in [0.717, 1.165) is 49.7 Å². The van der Waals surface area contributed by atoms with Gasteiger partial charge in [-0.25, -0.2) is 0 Å². The maximum Gasteiger partial charge on any atom is 0.179 e.